The van der Waals surface area contributed by atoms with Gasteiger partial charge in [-0.25, -0.2) is 4.79 Å². The van der Waals surface area contributed by atoms with Crippen molar-refractivity contribution in [2.75, 3.05) is 32.8 Å². The molecule has 1 fully saturated rings. The molecule has 7 nitrogen and oxygen atoms in total. The Morgan fingerprint density at radius 3 is 2.05 bits per heavy atom. The number of carbonyl (C=O) groups is 2. The summed E-state index contributed by atoms with van der Waals surface area (Å²) in [5, 5.41) is 29.4. The van der Waals surface area contributed by atoms with Crippen LogP contribution < -0.4 is 5.32 Å². The van der Waals surface area contributed by atoms with Gasteiger partial charge in [0.1, 0.15) is 0 Å². The summed E-state index contributed by atoms with van der Waals surface area (Å²) < 4.78 is 0. The first-order valence-corrected chi connectivity index (χ1v) is 7.05. The molecule has 2 amide bonds. The molecule has 1 aliphatic carbocycles. The normalized spacial score (nSPS) is 22.3. The van der Waals surface area contributed by atoms with Gasteiger partial charge in [0.2, 0.25) is 0 Å². The Hall–Kier alpha value is -1.34. The molecule has 116 valence electrons. The minimum atomic E-state index is -0.732. The summed E-state index contributed by atoms with van der Waals surface area (Å²) in [5.41, 5.74) is 0. The molecule has 0 unspecified atom stereocenters. The number of aliphatic hydroxyl groups is 2. The van der Waals surface area contributed by atoms with E-state index in [1.165, 1.54) is 4.90 Å². The fraction of sp³-hybridized carbons (Fsp3) is 0.846. The zero-order valence-corrected chi connectivity index (χ0v) is 11.6. The maximum Gasteiger partial charge on any atom is 0.317 e. The number of carboxylic acid groups (broad SMARTS) is 1. The molecule has 1 saturated carbocycles. The van der Waals surface area contributed by atoms with Crippen LogP contribution in [0.4, 0.5) is 4.79 Å². The number of urea groups is 1. The first-order chi connectivity index (χ1) is 9.58. The third kappa shape index (κ3) is 5.34. The Bertz CT molecular complexity index is 310. The lowest BCUT2D eigenvalue weighted by Crippen LogP contribution is -2.44. The number of carbonyl (C=O) groups excluding carboxylic acids is 1. The smallest absolute Gasteiger partial charge is 0.317 e. The average Bonchev–Trinajstić information content (AvgIpc) is 2.45. The highest BCUT2D eigenvalue weighted by Crippen LogP contribution is 2.28. The number of aliphatic carboxylic acids is 1. The third-order valence-electron chi connectivity index (χ3n) is 3.77. The SMILES string of the molecule is O=C(O)C1CCC(CNC(=O)N(CCO)CCO)CC1. The van der Waals surface area contributed by atoms with Gasteiger partial charge in [-0.05, 0) is 31.6 Å². The van der Waals surface area contributed by atoms with E-state index >= 15 is 0 Å². The van der Waals surface area contributed by atoms with Gasteiger partial charge in [0.25, 0.3) is 0 Å². The molecule has 0 aromatic carbocycles. The van der Waals surface area contributed by atoms with Gasteiger partial charge in [0, 0.05) is 19.6 Å². The molecule has 0 aliphatic heterocycles. The van der Waals surface area contributed by atoms with Gasteiger partial charge in [-0.3, -0.25) is 4.79 Å². The molecule has 20 heavy (non-hydrogen) atoms. The predicted octanol–water partition coefficient (Wildman–Crippen LogP) is -0.126. The van der Waals surface area contributed by atoms with Crippen LogP contribution in [0.2, 0.25) is 0 Å². The first-order valence-electron chi connectivity index (χ1n) is 7.05. The number of nitrogens with zero attached hydrogens (tertiary/aromatic N) is 1. The van der Waals surface area contributed by atoms with Gasteiger partial charge in [0.05, 0.1) is 19.1 Å². The van der Waals surface area contributed by atoms with E-state index < -0.39 is 5.97 Å². The number of hydrogen-bond acceptors (Lipinski definition) is 4. The number of nitrogens with one attached hydrogen (secondary N) is 1. The van der Waals surface area contributed by atoms with E-state index in [1.807, 2.05) is 0 Å². The minimum absolute atomic E-state index is 0.142. The van der Waals surface area contributed by atoms with E-state index in [0.717, 1.165) is 12.8 Å². The lowest BCUT2D eigenvalue weighted by Gasteiger charge is -2.27. The monoisotopic (exact) mass is 288 g/mol. The Morgan fingerprint density at radius 1 is 1.05 bits per heavy atom. The minimum Gasteiger partial charge on any atom is -0.481 e. The molecule has 0 aromatic heterocycles. The summed E-state index contributed by atoms with van der Waals surface area (Å²) in [6.07, 6.45) is 2.92. The molecule has 0 bridgehead atoms. The number of aliphatic hydroxyl groups excluding tert-OH is 2. The average molecular weight is 288 g/mol. The maximum absolute atomic E-state index is 11.8. The largest absolute Gasteiger partial charge is 0.481 e. The van der Waals surface area contributed by atoms with Gasteiger partial charge >= 0.3 is 12.0 Å². The summed E-state index contributed by atoms with van der Waals surface area (Å²) in [4.78, 5) is 24.0. The molecule has 0 spiro atoms. The predicted molar refractivity (Wildman–Crippen MR) is 72.2 cm³/mol. The highest BCUT2D eigenvalue weighted by atomic mass is 16.4. The fourth-order valence-electron chi connectivity index (χ4n) is 2.51. The Labute approximate surface area is 118 Å². The zero-order chi connectivity index (χ0) is 15.0. The van der Waals surface area contributed by atoms with Crippen molar-refractivity contribution in [1.82, 2.24) is 10.2 Å². The maximum atomic E-state index is 11.8. The summed E-state index contributed by atoms with van der Waals surface area (Å²) in [6.45, 7) is 0.614. The van der Waals surface area contributed by atoms with Crippen molar-refractivity contribution in [1.29, 1.82) is 0 Å². The topological polar surface area (TPSA) is 110 Å². The van der Waals surface area contributed by atoms with Crippen LogP contribution in [-0.2, 0) is 4.79 Å². The summed E-state index contributed by atoms with van der Waals surface area (Å²) in [5.74, 6) is -0.675. The highest BCUT2D eigenvalue weighted by Gasteiger charge is 2.26. The lowest BCUT2D eigenvalue weighted by atomic mass is 9.82. The standard InChI is InChI=1S/C13H24N2O5/c16-7-5-15(6-8-17)13(20)14-9-10-1-3-11(4-2-10)12(18)19/h10-11,16-17H,1-9H2,(H,14,20)(H,18,19). The van der Waals surface area contributed by atoms with Crippen LogP contribution in [0.5, 0.6) is 0 Å². The number of hydrogen-bond donors (Lipinski definition) is 4. The number of amides is 2. The van der Waals surface area contributed by atoms with Gasteiger partial charge in [-0.15, -0.1) is 0 Å². The van der Waals surface area contributed by atoms with E-state index in [4.69, 9.17) is 15.3 Å². The molecule has 0 radical (unpaired) electrons. The first kappa shape index (κ1) is 16.7. The second kappa shape index (κ2) is 8.76. The van der Waals surface area contributed by atoms with Crippen LogP contribution >= 0.6 is 0 Å². The van der Waals surface area contributed by atoms with Crippen molar-refractivity contribution in [2.45, 2.75) is 25.7 Å². The number of carboxylic acids is 1. The molecule has 0 aromatic rings. The molecule has 0 heterocycles. The molecule has 1 aliphatic rings. The van der Waals surface area contributed by atoms with Gasteiger partial charge in [-0.2, -0.15) is 0 Å². The summed E-state index contributed by atoms with van der Waals surface area (Å²) in [7, 11) is 0. The van der Waals surface area contributed by atoms with Crippen molar-refractivity contribution in [2.24, 2.45) is 11.8 Å². The quantitative estimate of drug-likeness (QED) is 0.522. The molecule has 7 heteroatoms. The van der Waals surface area contributed by atoms with Gasteiger partial charge < -0.3 is 25.5 Å². The molecule has 0 saturated heterocycles. The lowest BCUT2D eigenvalue weighted by molar-refractivity contribution is -0.143. The second-order valence-corrected chi connectivity index (χ2v) is 5.18. The fourth-order valence-corrected chi connectivity index (χ4v) is 2.51. The zero-order valence-electron chi connectivity index (χ0n) is 11.6. The van der Waals surface area contributed by atoms with Crippen molar-refractivity contribution >= 4 is 12.0 Å². The van der Waals surface area contributed by atoms with E-state index in [2.05, 4.69) is 5.32 Å². The van der Waals surface area contributed by atoms with Crippen LogP contribution in [0, 0.1) is 11.8 Å². The second-order valence-electron chi connectivity index (χ2n) is 5.18. The van der Waals surface area contributed by atoms with Crippen LogP contribution in [-0.4, -0.2) is 65.1 Å². The summed E-state index contributed by atoms with van der Waals surface area (Å²) in [6, 6.07) is -0.298. The number of rotatable bonds is 7. The Morgan fingerprint density at radius 2 is 1.60 bits per heavy atom. The van der Waals surface area contributed by atoms with Crippen molar-refractivity contribution in [3.8, 4) is 0 Å². The highest BCUT2D eigenvalue weighted by molar-refractivity contribution is 5.74. The van der Waals surface area contributed by atoms with Crippen molar-refractivity contribution < 1.29 is 24.9 Å². The Balaban J connectivity index is 2.29. The van der Waals surface area contributed by atoms with Crippen molar-refractivity contribution in [3.63, 3.8) is 0 Å². The van der Waals surface area contributed by atoms with E-state index in [0.29, 0.717) is 25.3 Å². The van der Waals surface area contributed by atoms with Crippen LogP contribution in [0.25, 0.3) is 0 Å². The Kier molecular flexibility index (Phi) is 7.32. The summed E-state index contributed by atoms with van der Waals surface area (Å²) >= 11 is 0. The van der Waals surface area contributed by atoms with Crippen LogP contribution in [0.1, 0.15) is 25.7 Å². The molecule has 0 atom stereocenters. The molecule has 1 rings (SSSR count). The van der Waals surface area contributed by atoms with E-state index in [9.17, 15) is 9.59 Å². The van der Waals surface area contributed by atoms with Gasteiger partial charge in [0.15, 0.2) is 0 Å². The van der Waals surface area contributed by atoms with Gasteiger partial charge in [-0.1, -0.05) is 0 Å². The van der Waals surface area contributed by atoms with E-state index in [-0.39, 0.29) is 38.3 Å². The molecular weight excluding hydrogens is 264 g/mol. The van der Waals surface area contributed by atoms with Crippen LogP contribution in [0.3, 0.4) is 0 Å². The molecule has 4 N–H and O–H groups in total. The van der Waals surface area contributed by atoms with Crippen LogP contribution in [0.15, 0.2) is 0 Å². The van der Waals surface area contributed by atoms with E-state index in [1.54, 1.807) is 0 Å². The third-order valence-corrected chi connectivity index (χ3v) is 3.77. The molecular formula is C13H24N2O5. The van der Waals surface area contributed by atoms with Crippen molar-refractivity contribution in [3.05, 3.63) is 0 Å².